The lowest BCUT2D eigenvalue weighted by Gasteiger charge is -2.16. The predicted octanol–water partition coefficient (Wildman–Crippen LogP) is 2.72. The summed E-state index contributed by atoms with van der Waals surface area (Å²) < 4.78 is 4.21. The molecule has 1 fully saturated rings. The maximum atomic E-state index is 6.13. The van der Waals surface area contributed by atoms with E-state index in [9.17, 15) is 0 Å². The molecule has 0 unspecified atom stereocenters. The van der Waals surface area contributed by atoms with E-state index in [1.54, 1.807) is 0 Å². The van der Waals surface area contributed by atoms with Crippen LogP contribution in [0.15, 0.2) is 0 Å². The third-order valence-electron chi connectivity index (χ3n) is 4.36. The first-order chi connectivity index (χ1) is 9.10. The van der Waals surface area contributed by atoms with E-state index in [-0.39, 0.29) is 0 Å². The van der Waals surface area contributed by atoms with Crippen LogP contribution in [0.25, 0.3) is 11.2 Å². The Kier molecular flexibility index (Phi) is 2.80. The van der Waals surface area contributed by atoms with Crippen molar-refractivity contribution >= 4 is 17.1 Å². The average Bonchev–Trinajstić information content (AvgIpc) is 2.97. The van der Waals surface area contributed by atoms with Crippen LogP contribution >= 0.6 is 0 Å². The molecule has 0 atom stereocenters. The smallest absolute Gasteiger partial charge is 0.202 e. The molecule has 2 aromatic rings. The Bertz CT molecular complexity index is 603. The molecule has 5 nitrogen and oxygen atoms in total. The molecular weight excluding hydrogens is 238 g/mol. The highest BCUT2D eigenvalue weighted by atomic mass is 15.4. The van der Waals surface area contributed by atoms with Gasteiger partial charge in [-0.2, -0.15) is 5.10 Å². The first-order valence-electron chi connectivity index (χ1n) is 7.29. The molecule has 0 aliphatic heterocycles. The molecule has 3 rings (SSSR count). The summed E-state index contributed by atoms with van der Waals surface area (Å²) in [5.74, 6) is 0.639. The number of anilines is 1. The summed E-state index contributed by atoms with van der Waals surface area (Å²) in [5.41, 5.74) is 9.63. The molecule has 2 heterocycles. The monoisotopic (exact) mass is 261 g/mol. The van der Waals surface area contributed by atoms with E-state index in [1.807, 2.05) is 11.6 Å². The third-order valence-corrected chi connectivity index (χ3v) is 4.36. The number of aryl methyl sites for hydroxylation is 2. The lowest BCUT2D eigenvalue weighted by Crippen LogP contribution is -2.15. The molecule has 0 aromatic carbocycles. The second-order valence-electron chi connectivity index (χ2n) is 5.88. The Morgan fingerprint density at radius 1 is 1.32 bits per heavy atom. The fraction of sp³-hybridized carbons (Fsp3) is 0.714. The molecule has 0 saturated heterocycles. The van der Waals surface area contributed by atoms with Gasteiger partial charge >= 0.3 is 0 Å². The Morgan fingerprint density at radius 3 is 2.63 bits per heavy atom. The van der Waals surface area contributed by atoms with Gasteiger partial charge in [0.15, 0.2) is 5.65 Å². The van der Waals surface area contributed by atoms with Crippen molar-refractivity contribution in [3.8, 4) is 0 Å². The summed E-state index contributed by atoms with van der Waals surface area (Å²) in [6.45, 7) is 8.22. The second kappa shape index (κ2) is 4.25. The number of nitrogens with zero attached hydrogens (tertiary/aromatic N) is 4. The lowest BCUT2D eigenvalue weighted by atomic mass is 10.0. The highest BCUT2D eigenvalue weighted by Gasteiger charge is 2.42. The lowest BCUT2D eigenvalue weighted by molar-refractivity contribution is 0.392. The maximum absolute atomic E-state index is 6.13. The molecule has 0 radical (unpaired) electrons. The van der Waals surface area contributed by atoms with Crippen LogP contribution in [0.3, 0.4) is 0 Å². The minimum absolute atomic E-state index is 0.466. The molecule has 1 aliphatic rings. The first-order valence-corrected chi connectivity index (χ1v) is 7.29. The van der Waals surface area contributed by atoms with E-state index in [1.165, 1.54) is 25.7 Å². The van der Waals surface area contributed by atoms with Crippen LogP contribution in [0.1, 0.15) is 45.2 Å². The van der Waals surface area contributed by atoms with E-state index in [2.05, 4.69) is 28.5 Å². The van der Waals surface area contributed by atoms with Gasteiger partial charge in [0.25, 0.3) is 0 Å². The van der Waals surface area contributed by atoms with Crippen LogP contribution in [0.4, 0.5) is 5.95 Å². The number of nitrogens with two attached hydrogens (primary N) is 1. The minimum atomic E-state index is 0.466. The van der Waals surface area contributed by atoms with Gasteiger partial charge in [0.2, 0.25) is 5.95 Å². The average molecular weight is 261 g/mol. The summed E-state index contributed by atoms with van der Waals surface area (Å²) in [4.78, 5) is 4.51. The van der Waals surface area contributed by atoms with Crippen LogP contribution in [0, 0.1) is 12.3 Å². The number of hydrogen-bond donors (Lipinski definition) is 1. The number of rotatable bonds is 5. The Hall–Kier alpha value is -1.52. The highest BCUT2D eigenvalue weighted by Crippen LogP contribution is 2.51. The summed E-state index contributed by atoms with van der Waals surface area (Å²) >= 11 is 0. The summed E-state index contributed by atoms with van der Waals surface area (Å²) in [5, 5.41) is 4.54. The van der Waals surface area contributed by atoms with Crippen molar-refractivity contribution in [1.82, 2.24) is 19.3 Å². The molecule has 1 aliphatic carbocycles. The van der Waals surface area contributed by atoms with Crippen LogP contribution in [-0.2, 0) is 13.1 Å². The second-order valence-corrected chi connectivity index (χ2v) is 5.88. The molecule has 2 N–H and O–H groups in total. The van der Waals surface area contributed by atoms with Gasteiger partial charge in [-0.05, 0) is 38.5 Å². The molecule has 0 bridgehead atoms. The van der Waals surface area contributed by atoms with Gasteiger partial charge < -0.3 is 5.73 Å². The molecule has 104 valence electrons. The van der Waals surface area contributed by atoms with Gasteiger partial charge in [0.1, 0.15) is 5.52 Å². The normalized spacial score (nSPS) is 17.2. The zero-order valence-electron chi connectivity index (χ0n) is 12.1. The molecule has 5 heteroatoms. The van der Waals surface area contributed by atoms with Crippen molar-refractivity contribution in [1.29, 1.82) is 0 Å². The van der Waals surface area contributed by atoms with Gasteiger partial charge in [0.05, 0.1) is 5.69 Å². The van der Waals surface area contributed by atoms with Crippen LogP contribution in [-0.4, -0.2) is 19.3 Å². The van der Waals surface area contributed by atoms with Gasteiger partial charge in [-0.1, -0.05) is 13.3 Å². The van der Waals surface area contributed by atoms with E-state index in [4.69, 9.17) is 5.73 Å². The van der Waals surface area contributed by atoms with E-state index < -0.39 is 0 Å². The van der Waals surface area contributed by atoms with Crippen molar-refractivity contribution < 1.29 is 0 Å². The number of nitrogen functional groups attached to an aromatic ring is 1. The largest absolute Gasteiger partial charge is 0.369 e. The Balaban J connectivity index is 2.05. The first kappa shape index (κ1) is 12.5. The van der Waals surface area contributed by atoms with Gasteiger partial charge in [0, 0.05) is 13.1 Å². The fourth-order valence-electron chi connectivity index (χ4n) is 3.15. The van der Waals surface area contributed by atoms with E-state index >= 15 is 0 Å². The summed E-state index contributed by atoms with van der Waals surface area (Å²) in [6, 6.07) is 0. The van der Waals surface area contributed by atoms with Crippen molar-refractivity contribution in [2.75, 3.05) is 5.73 Å². The maximum Gasteiger partial charge on any atom is 0.202 e. The number of imidazole rings is 1. The van der Waals surface area contributed by atoms with Crippen molar-refractivity contribution in [3.63, 3.8) is 0 Å². The Labute approximate surface area is 113 Å². The van der Waals surface area contributed by atoms with Crippen molar-refractivity contribution in [3.05, 3.63) is 5.69 Å². The van der Waals surface area contributed by atoms with Gasteiger partial charge in [-0.15, -0.1) is 0 Å². The molecular formula is C14H23N5. The summed E-state index contributed by atoms with van der Waals surface area (Å²) in [7, 11) is 0. The topological polar surface area (TPSA) is 61.7 Å². The Morgan fingerprint density at radius 2 is 2.05 bits per heavy atom. The highest BCUT2D eigenvalue weighted by molar-refractivity contribution is 5.77. The molecule has 0 amide bonds. The SMILES string of the molecule is CCCC1(Cn2c(N)nc3c(C)nn(CC)c32)CC1. The predicted molar refractivity (Wildman–Crippen MR) is 76.9 cm³/mol. The van der Waals surface area contributed by atoms with Crippen LogP contribution in [0.2, 0.25) is 0 Å². The molecule has 1 saturated carbocycles. The quantitative estimate of drug-likeness (QED) is 0.900. The van der Waals surface area contributed by atoms with Crippen molar-refractivity contribution in [2.45, 2.75) is 59.5 Å². The van der Waals surface area contributed by atoms with Crippen LogP contribution < -0.4 is 5.73 Å². The number of fused-ring (bicyclic) bond motifs is 1. The van der Waals surface area contributed by atoms with E-state index in [0.717, 1.165) is 29.9 Å². The van der Waals surface area contributed by atoms with E-state index in [0.29, 0.717) is 11.4 Å². The van der Waals surface area contributed by atoms with Gasteiger partial charge in [-0.3, -0.25) is 4.57 Å². The molecule has 2 aromatic heterocycles. The minimum Gasteiger partial charge on any atom is -0.369 e. The standard InChI is InChI=1S/C14H23N5/c1-4-6-14(7-8-14)9-18-12-11(16-13(18)15)10(3)17-19(12)5-2/h4-9H2,1-3H3,(H2,15,16). The number of aromatic nitrogens is 4. The van der Waals surface area contributed by atoms with Gasteiger partial charge in [-0.25, -0.2) is 9.67 Å². The zero-order chi connectivity index (χ0) is 13.6. The fourth-order valence-corrected chi connectivity index (χ4v) is 3.15. The molecule has 0 spiro atoms. The third kappa shape index (κ3) is 1.91. The van der Waals surface area contributed by atoms with Crippen molar-refractivity contribution in [2.24, 2.45) is 5.41 Å². The summed E-state index contributed by atoms with van der Waals surface area (Å²) in [6.07, 6.45) is 5.16. The molecule has 19 heavy (non-hydrogen) atoms. The number of hydrogen-bond acceptors (Lipinski definition) is 3. The zero-order valence-corrected chi connectivity index (χ0v) is 12.1. The van der Waals surface area contributed by atoms with Crippen LogP contribution in [0.5, 0.6) is 0 Å².